The largest absolute Gasteiger partial charge is 0.283 e. The van der Waals surface area contributed by atoms with E-state index in [0.717, 1.165) is 32.1 Å². The monoisotopic (exact) mass is 536 g/mol. The molecule has 0 aliphatic rings. The van der Waals surface area contributed by atoms with Crippen LogP contribution >= 0.6 is 0 Å². The average Bonchev–Trinajstić information content (AvgIpc) is 2.92. The summed E-state index contributed by atoms with van der Waals surface area (Å²) >= 11 is 0. The van der Waals surface area contributed by atoms with Crippen LogP contribution in [0.1, 0.15) is 207 Å². The lowest BCUT2D eigenvalue weighted by Gasteiger charge is -2.20. The van der Waals surface area contributed by atoms with E-state index in [1.807, 2.05) is 0 Å². The van der Waals surface area contributed by atoms with Gasteiger partial charge in [-0.05, 0) is 19.3 Å². The fourth-order valence-electron chi connectivity index (χ4n) is 5.47. The van der Waals surface area contributed by atoms with Gasteiger partial charge >= 0.3 is 0 Å². The van der Waals surface area contributed by atoms with Gasteiger partial charge in [-0.2, -0.15) is 0 Å². The van der Waals surface area contributed by atoms with E-state index in [9.17, 15) is 9.59 Å². The van der Waals surface area contributed by atoms with E-state index in [1.54, 1.807) is 4.90 Å². The third-order valence-electron chi connectivity index (χ3n) is 8.04. The van der Waals surface area contributed by atoms with Crippen LogP contribution in [0.3, 0.4) is 0 Å². The van der Waals surface area contributed by atoms with Gasteiger partial charge in [0.25, 0.3) is 0 Å². The molecule has 0 spiro atoms. The smallest absolute Gasteiger partial charge is 0.229 e. The summed E-state index contributed by atoms with van der Waals surface area (Å²) in [4.78, 5) is 27.0. The van der Waals surface area contributed by atoms with Crippen molar-refractivity contribution in [1.82, 2.24) is 4.90 Å². The Morgan fingerprint density at radius 3 is 0.816 bits per heavy atom. The molecule has 0 aromatic heterocycles. The van der Waals surface area contributed by atoms with Crippen LogP contribution in [0.5, 0.6) is 0 Å². The Balaban J connectivity index is 3.69. The summed E-state index contributed by atoms with van der Waals surface area (Å²) in [6, 6.07) is 0. The van der Waals surface area contributed by atoms with Crippen molar-refractivity contribution in [2.45, 2.75) is 207 Å². The van der Waals surface area contributed by atoms with Gasteiger partial charge in [-0.25, -0.2) is 0 Å². The Morgan fingerprint density at radius 1 is 0.342 bits per heavy atom. The zero-order valence-electron chi connectivity index (χ0n) is 26.5. The van der Waals surface area contributed by atoms with Gasteiger partial charge in [0.05, 0.1) is 0 Å². The summed E-state index contributed by atoms with van der Waals surface area (Å²) in [6.45, 7) is 7.20. The average molecular weight is 536 g/mol. The molecule has 0 aliphatic heterocycles. The lowest BCUT2D eigenvalue weighted by atomic mass is 10.0. The van der Waals surface area contributed by atoms with Crippen LogP contribution in [0.15, 0.2) is 0 Å². The van der Waals surface area contributed by atoms with Crippen molar-refractivity contribution in [2.75, 3.05) is 6.54 Å². The first-order chi connectivity index (χ1) is 18.7. The lowest BCUT2D eigenvalue weighted by molar-refractivity contribution is -0.145. The fourth-order valence-corrected chi connectivity index (χ4v) is 5.47. The Labute approximate surface area is 239 Å². The van der Waals surface area contributed by atoms with Gasteiger partial charge in [0.15, 0.2) is 0 Å². The Bertz CT molecular complexity index is 462. The molecule has 0 bridgehead atoms. The van der Waals surface area contributed by atoms with Crippen molar-refractivity contribution >= 4 is 11.8 Å². The van der Waals surface area contributed by atoms with Crippen LogP contribution in [-0.2, 0) is 9.59 Å². The first-order valence-electron chi connectivity index (χ1n) is 17.5. The number of carbonyl (C=O) groups excluding carboxylic acids is 2. The molecule has 38 heavy (non-hydrogen) atoms. The molecule has 2 amide bonds. The highest BCUT2D eigenvalue weighted by molar-refractivity contribution is 5.95. The van der Waals surface area contributed by atoms with Crippen molar-refractivity contribution in [2.24, 2.45) is 0 Å². The molecule has 3 heteroatoms. The first kappa shape index (κ1) is 37.1. The molecule has 0 aromatic rings. The quantitative estimate of drug-likeness (QED) is 0.0857. The predicted molar refractivity (Wildman–Crippen MR) is 168 cm³/mol. The highest BCUT2D eigenvalue weighted by Gasteiger charge is 2.19. The highest BCUT2D eigenvalue weighted by Crippen LogP contribution is 2.15. The number of nitrogens with zero attached hydrogens (tertiary/aromatic N) is 1. The van der Waals surface area contributed by atoms with Gasteiger partial charge in [0.1, 0.15) is 0 Å². The lowest BCUT2D eigenvalue weighted by Crippen LogP contribution is -2.37. The summed E-state index contributed by atoms with van der Waals surface area (Å²) in [6.07, 6.45) is 36.0. The van der Waals surface area contributed by atoms with E-state index in [1.165, 1.54) is 141 Å². The minimum atomic E-state index is 0.0645. The summed E-state index contributed by atoms with van der Waals surface area (Å²) in [5, 5.41) is 0. The third kappa shape index (κ3) is 25.4. The zero-order chi connectivity index (χ0) is 27.9. The molecule has 226 valence electrons. The van der Waals surface area contributed by atoms with Crippen LogP contribution in [0.2, 0.25) is 0 Å². The summed E-state index contributed by atoms with van der Waals surface area (Å²) < 4.78 is 0. The van der Waals surface area contributed by atoms with Crippen molar-refractivity contribution < 1.29 is 9.59 Å². The highest BCUT2D eigenvalue weighted by atomic mass is 16.2. The fraction of sp³-hybridized carbons (Fsp3) is 0.943. The van der Waals surface area contributed by atoms with Gasteiger partial charge in [-0.1, -0.05) is 175 Å². The van der Waals surface area contributed by atoms with Crippen molar-refractivity contribution in [3.05, 3.63) is 0 Å². The SMILES string of the molecule is CCCCCCCCCCCCCCCC(=O)N(CCC)C(=O)CCCCCCCCCCCCCCC. The number of hydrogen-bond donors (Lipinski definition) is 0. The molecule has 3 nitrogen and oxygen atoms in total. The molecular formula is C35H69NO2. The molecule has 0 saturated carbocycles. The molecule has 0 N–H and O–H groups in total. The topological polar surface area (TPSA) is 37.4 Å². The Morgan fingerprint density at radius 2 is 0.579 bits per heavy atom. The second-order valence-electron chi connectivity index (χ2n) is 11.9. The molecule has 0 radical (unpaired) electrons. The minimum Gasteiger partial charge on any atom is -0.283 e. The van der Waals surface area contributed by atoms with Crippen LogP contribution < -0.4 is 0 Å². The van der Waals surface area contributed by atoms with Crippen molar-refractivity contribution in [3.8, 4) is 0 Å². The van der Waals surface area contributed by atoms with Crippen LogP contribution in [-0.4, -0.2) is 23.3 Å². The Hall–Kier alpha value is -0.860. The summed E-state index contributed by atoms with van der Waals surface area (Å²) in [5.74, 6) is 0.129. The zero-order valence-corrected chi connectivity index (χ0v) is 26.5. The molecule has 0 heterocycles. The van der Waals surface area contributed by atoms with E-state index in [-0.39, 0.29) is 11.8 Å². The van der Waals surface area contributed by atoms with E-state index >= 15 is 0 Å². The second-order valence-corrected chi connectivity index (χ2v) is 11.9. The van der Waals surface area contributed by atoms with Crippen molar-refractivity contribution in [3.63, 3.8) is 0 Å². The molecule has 0 saturated heterocycles. The number of rotatable bonds is 30. The van der Waals surface area contributed by atoms with Gasteiger partial charge in [-0.15, -0.1) is 0 Å². The van der Waals surface area contributed by atoms with E-state index in [0.29, 0.717) is 19.4 Å². The maximum atomic E-state index is 12.7. The minimum absolute atomic E-state index is 0.0645. The molecule has 0 aromatic carbocycles. The second kappa shape index (κ2) is 30.7. The van der Waals surface area contributed by atoms with Crippen LogP contribution in [0, 0.1) is 0 Å². The third-order valence-corrected chi connectivity index (χ3v) is 8.04. The maximum Gasteiger partial charge on any atom is 0.229 e. The molecule has 0 atom stereocenters. The van der Waals surface area contributed by atoms with Gasteiger partial charge in [0.2, 0.25) is 11.8 Å². The number of amides is 2. The number of hydrogen-bond acceptors (Lipinski definition) is 2. The molecule has 0 unspecified atom stereocenters. The van der Waals surface area contributed by atoms with E-state index in [4.69, 9.17) is 0 Å². The summed E-state index contributed by atoms with van der Waals surface area (Å²) in [7, 11) is 0. The number of imide groups is 1. The Kier molecular flexibility index (Phi) is 30.0. The number of unbranched alkanes of at least 4 members (excludes halogenated alkanes) is 24. The van der Waals surface area contributed by atoms with Gasteiger partial charge in [0, 0.05) is 19.4 Å². The molecule has 0 fully saturated rings. The summed E-state index contributed by atoms with van der Waals surface area (Å²) in [5.41, 5.74) is 0. The van der Waals surface area contributed by atoms with Crippen LogP contribution in [0.4, 0.5) is 0 Å². The molecule has 0 aliphatic carbocycles. The van der Waals surface area contributed by atoms with E-state index < -0.39 is 0 Å². The molecule has 0 rings (SSSR count). The van der Waals surface area contributed by atoms with E-state index in [2.05, 4.69) is 20.8 Å². The molecular weight excluding hydrogens is 466 g/mol. The van der Waals surface area contributed by atoms with Crippen molar-refractivity contribution in [1.29, 1.82) is 0 Å². The van der Waals surface area contributed by atoms with Gasteiger partial charge in [-0.3, -0.25) is 14.5 Å². The standard InChI is InChI=1S/C35H69NO2/c1-4-7-9-11-13-15-17-19-21-23-25-27-29-31-34(37)36(33-6-3)35(38)32-30-28-26-24-22-20-18-16-14-12-10-8-5-2/h4-33H2,1-3H3. The first-order valence-corrected chi connectivity index (χ1v) is 17.5. The van der Waals surface area contributed by atoms with Crippen LogP contribution in [0.25, 0.3) is 0 Å². The predicted octanol–water partition coefficient (Wildman–Crippen LogP) is 11.7. The number of carbonyl (C=O) groups is 2. The maximum absolute atomic E-state index is 12.7. The normalized spacial score (nSPS) is 11.2. The van der Waals surface area contributed by atoms with Gasteiger partial charge < -0.3 is 0 Å².